The number of hydrogen-bond donors (Lipinski definition) is 0. The van der Waals surface area contributed by atoms with Crippen molar-refractivity contribution in [2.24, 2.45) is 0 Å². The lowest BCUT2D eigenvalue weighted by Crippen LogP contribution is -1.98. The molecule has 120 valence electrons. The Balaban J connectivity index is 2.10. The van der Waals surface area contributed by atoms with E-state index in [-0.39, 0.29) is 6.61 Å². The highest BCUT2D eigenvalue weighted by molar-refractivity contribution is 7.99. The average Bonchev–Trinajstić information content (AvgIpc) is 2.54. The van der Waals surface area contributed by atoms with Crippen LogP contribution in [-0.4, -0.2) is 12.9 Å². The van der Waals surface area contributed by atoms with Crippen molar-refractivity contribution >= 4 is 23.4 Å². The highest BCUT2D eigenvalue weighted by Gasteiger charge is 2.12. The molecule has 0 heterocycles. The molecule has 0 saturated carbocycles. The fraction of sp³-hybridized carbons (Fsp3) is 0.188. The molecule has 0 aliphatic rings. The molecule has 0 spiro atoms. The Morgan fingerprint density at radius 1 is 1.22 bits per heavy atom. The lowest BCUT2D eigenvalue weighted by atomic mass is 10.2. The molecule has 2 rings (SSSR count). The summed E-state index contributed by atoms with van der Waals surface area (Å²) in [5, 5.41) is 9.12. The Morgan fingerprint density at radius 2 is 2.00 bits per heavy atom. The van der Waals surface area contributed by atoms with E-state index in [9.17, 15) is 8.78 Å². The van der Waals surface area contributed by atoms with Crippen molar-refractivity contribution in [2.75, 3.05) is 7.11 Å². The summed E-state index contributed by atoms with van der Waals surface area (Å²) < 4.78 is 35.6. The summed E-state index contributed by atoms with van der Waals surface area (Å²) in [6, 6.07) is 11.6. The maximum atomic E-state index is 12.5. The molecule has 0 aliphatic carbocycles. The number of nitriles is 1. The highest BCUT2D eigenvalue weighted by Crippen LogP contribution is 2.34. The normalized spacial score (nSPS) is 10.4. The topological polar surface area (TPSA) is 42.2 Å². The molecule has 0 N–H and O–H groups in total. The number of rotatable bonds is 6. The van der Waals surface area contributed by atoms with Crippen molar-refractivity contribution in [3.63, 3.8) is 0 Å². The predicted molar refractivity (Wildman–Crippen MR) is 85.4 cm³/mol. The third-order valence-electron chi connectivity index (χ3n) is 2.90. The van der Waals surface area contributed by atoms with Gasteiger partial charge in [0.05, 0.1) is 28.7 Å². The van der Waals surface area contributed by atoms with Crippen LogP contribution < -0.4 is 9.47 Å². The van der Waals surface area contributed by atoms with E-state index in [0.717, 1.165) is 5.56 Å². The number of thioether (sulfide) groups is 1. The van der Waals surface area contributed by atoms with Crippen LogP contribution in [0, 0.1) is 11.3 Å². The summed E-state index contributed by atoms with van der Waals surface area (Å²) in [6.45, 7) is 0.196. The van der Waals surface area contributed by atoms with Crippen LogP contribution in [0.3, 0.4) is 0 Å². The van der Waals surface area contributed by atoms with Crippen molar-refractivity contribution in [3.8, 4) is 17.6 Å². The number of alkyl halides is 2. The summed E-state index contributed by atoms with van der Waals surface area (Å²) in [6.07, 6.45) is 0. The Bertz CT molecular complexity index is 735. The molecule has 3 nitrogen and oxygen atoms in total. The smallest absolute Gasteiger partial charge is 0.289 e. The maximum absolute atomic E-state index is 12.5. The van der Waals surface area contributed by atoms with E-state index in [0.29, 0.717) is 38.7 Å². The molecule has 0 aromatic heterocycles. The third kappa shape index (κ3) is 4.75. The minimum Gasteiger partial charge on any atom is -0.496 e. The zero-order valence-corrected chi connectivity index (χ0v) is 13.6. The van der Waals surface area contributed by atoms with Crippen LogP contribution in [0.1, 0.15) is 11.1 Å². The first-order chi connectivity index (χ1) is 11.0. The molecule has 0 bridgehead atoms. The quantitative estimate of drug-likeness (QED) is 0.675. The largest absolute Gasteiger partial charge is 0.496 e. The zero-order chi connectivity index (χ0) is 16.8. The summed E-state index contributed by atoms with van der Waals surface area (Å²) in [5.74, 6) is -1.71. The number of benzene rings is 2. The van der Waals surface area contributed by atoms with Gasteiger partial charge < -0.3 is 9.47 Å². The van der Waals surface area contributed by atoms with Crippen molar-refractivity contribution in [2.45, 2.75) is 17.3 Å². The molecular weight excluding hydrogens is 344 g/mol. The van der Waals surface area contributed by atoms with Gasteiger partial charge in [-0.25, -0.2) is 0 Å². The zero-order valence-electron chi connectivity index (χ0n) is 12.1. The standard InChI is InChI=1S/C16H12ClF2NO2S/c1-21-14-7-11(3-5-15(14)23-16(18)19)9-22-13-4-2-10(8-20)6-12(13)17/h2-7,16H,9H2,1H3. The van der Waals surface area contributed by atoms with E-state index in [2.05, 4.69) is 0 Å². The maximum Gasteiger partial charge on any atom is 0.289 e. The monoisotopic (exact) mass is 355 g/mol. The number of nitrogens with zero attached hydrogens (tertiary/aromatic N) is 1. The van der Waals surface area contributed by atoms with Crippen molar-refractivity contribution in [1.82, 2.24) is 0 Å². The van der Waals surface area contributed by atoms with Crippen molar-refractivity contribution < 1.29 is 18.3 Å². The first kappa shape index (κ1) is 17.4. The van der Waals surface area contributed by atoms with Crippen LogP contribution in [0.2, 0.25) is 5.02 Å². The molecule has 0 unspecified atom stereocenters. The Kier molecular flexibility index (Phi) is 6.08. The average molecular weight is 356 g/mol. The highest BCUT2D eigenvalue weighted by atomic mass is 35.5. The summed E-state index contributed by atoms with van der Waals surface area (Å²) in [5.41, 5.74) is 1.19. The van der Waals surface area contributed by atoms with E-state index in [4.69, 9.17) is 26.3 Å². The van der Waals surface area contributed by atoms with Gasteiger partial charge in [-0.3, -0.25) is 0 Å². The first-order valence-electron chi connectivity index (χ1n) is 6.47. The second kappa shape index (κ2) is 8.04. The molecule has 0 saturated heterocycles. The minimum atomic E-state index is -2.51. The molecule has 0 fully saturated rings. The second-order valence-corrected chi connectivity index (χ2v) is 5.85. The van der Waals surface area contributed by atoms with E-state index in [1.54, 1.807) is 30.3 Å². The van der Waals surface area contributed by atoms with Gasteiger partial charge in [-0.1, -0.05) is 29.4 Å². The predicted octanol–water partition coefficient (Wildman–Crippen LogP) is 5.11. The fourth-order valence-electron chi connectivity index (χ4n) is 1.84. The molecule has 7 heteroatoms. The number of halogens is 3. The van der Waals surface area contributed by atoms with Crippen LogP contribution in [-0.2, 0) is 6.61 Å². The lowest BCUT2D eigenvalue weighted by Gasteiger charge is -2.12. The second-order valence-electron chi connectivity index (χ2n) is 4.41. The number of methoxy groups -OCH3 is 1. The van der Waals surface area contributed by atoms with Gasteiger partial charge in [0.2, 0.25) is 0 Å². The third-order valence-corrected chi connectivity index (χ3v) is 3.96. The van der Waals surface area contributed by atoms with Crippen LogP contribution in [0.15, 0.2) is 41.3 Å². The van der Waals surface area contributed by atoms with Gasteiger partial charge in [-0.2, -0.15) is 14.0 Å². The number of ether oxygens (including phenoxy) is 2. The van der Waals surface area contributed by atoms with Crippen LogP contribution in [0.4, 0.5) is 8.78 Å². The van der Waals surface area contributed by atoms with Gasteiger partial charge in [0.1, 0.15) is 18.1 Å². The summed E-state index contributed by atoms with van der Waals surface area (Å²) in [4.78, 5) is 0.364. The van der Waals surface area contributed by atoms with Crippen molar-refractivity contribution in [3.05, 3.63) is 52.5 Å². The van der Waals surface area contributed by atoms with Gasteiger partial charge in [0.15, 0.2) is 0 Å². The molecule has 23 heavy (non-hydrogen) atoms. The van der Waals surface area contributed by atoms with Crippen LogP contribution in [0.25, 0.3) is 0 Å². The minimum absolute atomic E-state index is 0.196. The van der Waals surface area contributed by atoms with Gasteiger partial charge in [-0.05, 0) is 35.9 Å². The first-order valence-corrected chi connectivity index (χ1v) is 7.73. The number of hydrogen-bond acceptors (Lipinski definition) is 4. The Labute approximate surface area is 141 Å². The van der Waals surface area contributed by atoms with Gasteiger partial charge in [0, 0.05) is 0 Å². The fourth-order valence-corrected chi connectivity index (χ4v) is 2.68. The molecular formula is C16H12ClF2NO2S. The molecule has 0 amide bonds. The summed E-state index contributed by atoms with van der Waals surface area (Å²) >= 11 is 6.46. The van der Waals surface area contributed by atoms with E-state index >= 15 is 0 Å². The van der Waals surface area contributed by atoms with Gasteiger partial charge >= 0.3 is 0 Å². The SMILES string of the molecule is COc1cc(COc2ccc(C#N)cc2Cl)ccc1SC(F)F. The Hall–Kier alpha value is -1.97. The van der Waals surface area contributed by atoms with E-state index < -0.39 is 5.76 Å². The van der Waals surface area contributed by atoms with Crippen molar-refractivity contribution in [1.29, 1.82) is 5.26 Å². The molecule has 0 radical (unpaired) electrons. The van der Waals surface area contributed by atoms with Gasteiger partial charge in [-0.15, -0.1) is 0 Å². The lowest BCUT2D eigenvalue weighted by molar-refractivity contribution is 0.251. The molecule has 2 aromatic carbocycles. The van der Waals surface area contributed by atoms with E-state index in [1.165, 1.54) is 13.2 Å². The van der Waals surface area contributed by atoms with Crippen LogP contribution in [0.5, 0.6) is 11.5 Å². The van der Waals surface area contributed by atoms with Gasteiger partial charge in [0.25, 0.3) is 5.76 Å². The molecule has 0 atom stereocenters. The van der Waals surface area contributed by atoms with Crippen LogP contribution >= 0.6 is 23.4 Å². The molecule has 2 aromatic rings. The molecule has 0 aliphatic heterocycles. The Morgan fingerprint density at radius 3 is 2.61 bits per heavy atom. The van der Waals surface area contributed by atoms with E-state index in [1.807, 2.05) is 6.07 Å². The summed E-state index contributed by atoms with van der Waals surface area (Å²) in [7, 11) is 1.42.